The average Bonchev–Trinajstić information content (AvgIpc) is 2.69. The number of morpholine rings is 1. The number of benzene rings is 1. The highest BCUT2D eigenvalue weighted by molar-refractivity contribution is 5.78. The fourth-order valence-electron chi connectivity index (χ4n) is 3.49. The fraction of sp³-hybridized carbons (Fsp3) is 0.579. The zero-order valence-corrected chi connectivity index (χ0v) is 15.5. The largest absolute Gasteiger partial charge is 0.491 e. The van der Waals surface area contributed by atoms with Gasteiger partial charge in [0.25, 0.3) is 0 Å². The number of amides is 2. The molecule has 2 saturated heterocycles. The number of hydrogen-bond donors (Lipinski definition) is 1. The molecule has 7 nitrogen and oxygen atoms in total. The Morgan fingerprint density at radius 1 is 1.30 bits per heavy atom. The summed E-state index contributed by atoms with van der Waals surface area (Å²) in [7, 11) is 1.63. The van der Waals surface area contributed by atoms with Crippen LogP contribution in [0.3, 0.4) is 0 Å². The third-order valence-electron chi connectivity index (χ3n) is 5.06. The standard InChI is InChI=1S/C19H26FN3O4/c1-21-18(24)11-22-8-6-15(7-9-22)23-10-17(27-13-19(23)25)12-26-16-4-2-14(20)3-5-16/h2-5,15,17H,6-13H2,1H3,(H,21,24)/t17-/m0/s1. The molecule has 2 aliphatic heterocycles. The molecule has 1 aromatic carbocycles. The summed E-state index contributed by atoms with van der Waals surface area (Å²) in [5.74, 6) is 0.272. The second kappa shape index (κ2) is 9.14. The van der Waals surface area contributed by atoms with Crippen LogP contribution in [0, 0.1) is 5.82 Å². The van der Waals surface area contributed by atoms with E-state index in [1.807, 2.05) is 4.90 Å². The van der Waals surface area contributed by atoms with Crippen LogP contribution < -0.4 is 10.1 Å². The van der Waals surface area contributed by atoms with Crippen LogP contribution in [-0.2, 0) is 14.3 Å². The Morgan fingerprint density at radius 3 is 2.67 bits per heavy atom. The van der Waals surface area contributed by atoms with Crippen molar-refractivity contribution in [3.8, 4) is 5.75 Å². The third-order valence-corrected chi connectivity index (χ3v) is 5.06. The molecular weight excluding hydrogens is 353 g/mol. The van der Waals surface area contributed by atoms with Gasteiger partial charge in [-0.3, -0.25) is 14.5 Å². The van der Waals surface area contributed by atoms with Gasteiger partial charge in [-0.2, -0.15) is 0 Å². The van der Waals surface area contributed by atoms with Crippen molar-refractivity contribution in [1.29, 1.82) is 0 Å². The van der Waals surface area contributed by atoms with Crippen LogP contribution in [0.25, 0.3) is 0 Å². The van der Waals surface area contributed by atoms with E-state index in [1.54, 1.807) is 19.2 Å². The molecule has 0 radical (unpaired) electrons. The van der Waals surface area contributed by atoms with Crippen molar-refractivity contribution >= 4 is 11.8 Å². The molecule has 0 spiro atoms. The van der Waals surface area contributed by atoms with E-state index in [0.29, 0.717) is 25.4 Å². The van der Waals surface area contributed by atoms with E-state index in [4.69, 9.17) is 9.47 Å². The highest BCUT2D eigenvalue weighted by Crippen LogP contribution is 2.21. The van der Waals surface area contributed by atoms with Crippen molar-refractivity contribution < 1.29 is 23.5 Å². The number of nitrogens with one attached hydrogen (secondary N) is 1. The predicted molar refractivity (Wildman–Crippen MR) is 96.9 cm³/mol. The lowest BCUT2D eigenvalue weighted by Gasteiger charge is -2.41. The van der Waals surface area contributed by atoms with Gasteiger partial charge < -0.3 is 19.7 Å². The number of ether oxygens (including phenoxy) is 2. The van der Waals surface area contributed by atoms with Crippen LogP contribution in [0.15, 0.2) is 24.3 Å². The summed E-state index contributed by atoms with van der Waals surface area (Å²) in [6, 6.07) is 6.00. The minimum absolute atomic E-state index is 0.00205. The Labute approximate surface area is 158 Å². The van der Waals surface area contributed by atoms with Gasteiger partial charge in [0.1, 0.15) is 30.9 Å². The normalized spacial score (nSPS) is 21.9. The van der Waals surface area contributed by atoms with Gasteiger partial charge >= 0.3 is 0 Å². The molecule has 0 aliphatic carbocycles. The third kappa shape index (κ3) is 5.40. The van der Waals surface area contributed by atoms with Crippen LogP contribution in [-0.4, -0.2) is 80.2 Å². The van der Waals surface area contributed by atoms with Gasteiger partial charge in [0.15, 0.2) is 0 Å². The molecule has 0 saturated carbocycles. The average molecular weight is 379 g/mol. The Morgan fingerprint density at radius 2 is 2.00 bits per heavy atom. The maximum Gasteiger partial charge on any atom is 0.248 e. The number of nitrogens with zero attached hydrogens (tertiary/aromatic N) is 2. The van der Waals surface area contributed by atoms with Crippen LogP contribution >= 0.6 is 0 Å². The number of likely N-dealkylation sites (N-methyl/N-ethyl adjacent to an activating group) is 1. The molecule has 1 atom stereocenters. The fourth-order valence-corrected chi connectivity index (χ4v) is 3.49. The second-order valence-corrected chi connectivity index (χ2v) is 6.92. The molecule has 0 aromatic heterocycles. The number of carbonyl (C=O) groups excluding carboxylic acids is 2. The van der Waals surface area contributed by atoms with Crippen molar-refractivity contribution in [3.05, 3.63) is 30.1 Å². The van der Waals surface area contributed by atoms with E-state index in [0.717, 1.165) is 25.9 Å². The molecule has 1 aromatic rings. The predicted octanol–water partition coefficient (Wildman–Crippen LogP) is 0.642. The first-order chi connectivity index (χ1) is 13.0. The maximum absolute atomic E-state index is 12.9. The number of rotatable bonds is 6. The summed E-state index contributed by atoms with van der Waals surface area (Å²) in [5, 5.41) is 2.63. The zero-order valence-electron chi connectivity index (χ0n) is 15.5. The first kappa shape index (κ1) is 19.6. The van der Waals surface area contributed by atoms with Gasteiger partial charge in [0.2, 0.25) is 11.8 Å². The van der Waals surface area contributed by atoms with E-state index in [-0.39, 0.29) is 36.4 Å². The molecule has 2 amide bonds. The number of carbonyl (C=O) groups is 2. The van der Waals surface area contributed by atoms with Crippen molar-refractivity contribution in [2.45, 2.75) is 25.0 Å². The van der Waals surface area contributed by atoms with Crippen molar-refractivity contribution in [2.24, 2.45) is 0 Å². The Bertz CT molecular complexity index is 647. The van der Waals surface area contributed by atoms with Crippen molar-refractivity contribution in [3.63, 3.8) is 0 Å². The van der Waals surface area contributed by atoms with Gasteiger partial charge in [-0.15, -0.1) is 0 Å². The first-order valence-corrected chi connectivity index (χ1v) is 9.27. The molecule has 1 N–H and O–H groups in total. The topological polar surface area (TPSA) is 71.1 Å². The van der Waals surface area contributed by atoms with E-state index in [2.05, 4.69) is 10.2 Å². The van der Waals surface area contributed by atoms with Crippen molar-refractivity contribution in [2.75, 3.05) is 46.4 Å². The highest BCUT2D eigenvalue weighted by Gasteiger charge is 2.34. The number of likely N-dealkylation sites (tertiary alicyclic amines) is 1. The molecule has 2 fully saturated rings. The molecule has 0 unspecified atom stereocenters. The van der Waals surface area contributed by atoms with Crippen molar-refractivity contribution in [1.82, 2.24) is 15.1 Å². The molecule has 2 aliphatic rings. The molecule has 3 rings (SSSR count). The lowest BCUT2D eigenvalue weighted by molar-refractivity contribution is -0.155. The SMILES string of the molecule is CNC(=O)CN1CCC(N2C[C@@H](COc3ccc(F)cc3)OCC2=O)CC1. The lowest BCUT2D eigenvalue weighted by Crippen LogP contribution is -2.55. The minimum atomic E-state index is -0.309. The molecule has 2 heterocycles. The van der Waals surface area contributed by atoms with Gasteiger partial charge in [-0.1, -0.05) is 0 Å². The summed E-state index contributed by atoms with van der Waals surface area (Å²) in [6.45, 7) is 2.83. The molecule has 0 bridgehead atoms. The van der Waals surface area contributed by atoms with Gasteiger partial charge in [0, 0.05) is 26.2 Å². The maximum atomic E-state index is 12.9. The van der Waals surface area contributed by atoms with Gasteiger partial charge in [0.05, 0.1) is 13.1 Å². The molecule has 148 valence electrons. The zero-order chi connectivity index (χ0) is 19.2. The second-order valence-electron chi connectivity index (χ2n) is 6.92. The summed E-state index contributed by atoms with van der Waals surface area (Å²) in [5.41, 5.74) is 0. The van der Waals surface area contributed by atoms with E-state index in [1.165, 1.54) is 12.1 Å². The van der Waals surface area contributed by atoms with Crippen LogP contribution in [0.1, 0.15) is 12.8 Å². The minimum Gasteiger partial charge on any atom is -0.491 e. The number of hydrogen-bond acceptors (Lipinski definition) is 5. The lowest BCUT2D eigenvalue weighted by atomic mass is 10.0. The summed E-state index contributed by atoms with van der Waals surface area (Å²) >= 11 is 0. The van der Waals surface area contributed by atoms with Gasteiger partial charge in [-0.05, 0) is 37.1 Å². The van der Waals surface area contributed by atoms with Crippen LogP contribution in [0.2, 0.25) is 0 Å². The summed E-state index contributed by atoms with van der Waals surface area (Å²) in [6.07, 6.45) is 1.47. The quantitative estimate of drug-likeness (QED) is 0.786. The van der Waals surface area contributed by atoms with E-state index >= 15 is 0 Å². The highest BCUT2D eigenvalue weighted by atomic mass is 19.1. The Kier molecular flexibility index (Phi) is 6.63. The van der Waals surface area contributed by atoms with E-state index in [9.17, 15) is 14.0 Å². The first-order valence-electron chi connectivity index (χ1n) is 9.27. The number of piperidine rings is 1. The Balaban J connectivity index is 1.48. The summed E-state index contributed by atoms with van der Waals surface area (Å²) in [4.78, 5) is 27.8. The molecule has 8 heteroatoms. The summed E-state index contributed by atoms with van der Waals surface area (Å²) < 4.78 is 24.2. The Hall–Kier alpha value is -2.19. The molecule has 27 heavy (non-hydrogen) atoms. The van der Waals surface area contributed by atoms with Crippen LogP contribution in [0.4, 0.5) is 4.39 Å². The molecular formula is C19H26FN3O4. The van der Waals surface area contributed by atoms with Crippen LogP contribution in [0.5, 0.6) is 5.75 Å². The monoisotopic (exact) mass is 379 g/mol. The van der Waals surface area contributed by atoms with Gasteiger partial charge in [-0.25, -0.2) is 4.39 Å². The van der Waals surface area contributed by atoms with E-state index < -0.39 is 0 Å². The smallest absolute Gasteiger partial charge is 0.248 e. The number of halogens is 1.